The van der Waals surface area contributed by atoms with Crippen LogP contribution in [0, 0.1) is 0 Å². The summed E-state index contributed by atoms with van der Waals surface area (Å²) in [6, 6.07) is 9.48. The molecule has 0 bridgehead atoms. The van der Waals surface area contributed by atoms with E-state index in [-0.39, 0.29) is 11.8 Å². The van der Waals surface area contributed by atoms with Crippen molar-refractivity contribution in [3.63, 3.8) is 0 Å². The molecular formula is C15H23NO2S. The summed E-state index contributed by atoms with van der Waals surface area (Å²) < 4.78 is 24.8. The van der Waals surface area contributed by atoms with Gasteiger partial charge in [-0.15, -0.1) is 0 Å². The van der Waals surface area contributed by atoms with Crippen LogP contribution in [0.25, 0.3) is 0 Å². The Labute approximate surface area is 116 Å². The van der Waals surface area contributed by atoms with Crippen LogP contribution in [0.1, 0.15) is 32.6 Å². The molecule has 106 valence electrons. The van der Waals surface area contributed by atoms with Gasteiger partial charge in [-0.2, -0.15) is 0 Å². The lowest BCUT2D eigenvalue weighted by molar-refractivity contribution is 0.124. The predicted octanol–water partition coefficient (Wildman–Crippen LogP) is 2.72. The van der Waals surface area contributed by atoms with Gasteiger partial charge < -0.3 is 0 Å². The molecule has 4 heteroatoms. The molecular weight excluding hydrogens is 258 g/mol. The molecule has 0 unspecified atom stereocenters. The van der Waals surface area contributed by atoms with Crippen molar-refractivity contribution in [2.24, 2.45) is 0 Å². The van der Waals surface area contributed by atoms with Gasteiger partial charge in [0.05, 0.1) is 10.6 Å². The van der Waals surface area contributed by atoms with Gasteiger partial charge in [-0.25, -0.2) is 8.42 Å². The van der Waals surface area contributed by atoms with Crippen molar-refractivity contribution < 1.29 is 8.42 Å². The molecule has 1 fully saturated rings. The lowest BCUT2D eigenvalue weighted by Gasteiger charge is -2.39. The third kappa shape index (κ3) is 3.37. The molecule has 19 heavy (non-hydrogen) atoms. The first kappa shape index (κ1) is 14.5. The molecule has 0 aliphatic carbocycles. The highest BCUT2D eigenvalue weighted by Crippen LogP contribution is 2.25. The van der Waals surface area contributed by atoms with Crippen molar-refractivity contribution >= 4 is 9.84 Å². The van der Waals surface area contributed by atoms with Crippen LogP contribution in [0.15, 0.2) is 35.2 Å². The average Bonchev–Trinajstić information content (AvgIpc) is 2.42. The Balaban J connectivity index is 2.12. The SMILES string of the molecule is CC[C@H]1CCC[C@H](CS(=O)(=O)c2ccccc2)N1C. The van der Waals surface area contributed by atoms with E-state index >= 15 is 0 Å². The monoisotopic (exact) mass is 281 g/mol. The van der Waals surface area contributed by atoms with Gasteiger partial charge in [0.25, 0.3) is 0 Å². The van der Waals surface area contributed by atoms with Crippen molar-refractivity contribution in [1.82, 2.24) is 4.90 Å². The quantitative estimate of drug-likeness (QED) is 0.851. The molecule has 1 saturated heterocycles. The van der Waals surface area contributed by atoms with E-state index in [9.17, 15) is 8.42 Å². The van der Waals surface area contributed by atoms with Gasteiger partial charge in [-0.1, -0.05) is 31.5 Å². The molecule has 1 aliphatic heterocycles. The third-order valence-electron chi connectivity index (χ3n) is 4.21. The Hall–Kier alpha value is -0.870. The minimum Gasteiger partial charge on any atom is -0.299 e. The Kier molecular flexibility index (Phi) is 4.63. The number of nitrogens with zero attached hydrogens (tertiary/aromatic N) is 1. The van der Waals surface area contributed by atoms with Crippen LogP contribution < -0.4 is 0 Å². The van der Waals surface area contributed by atoms with E-state index < -0.39 is 9.84 Å². The number of hydrogen-bond acceptors (Lipinski definition) is 3. The summed E-state index contributed by atoms with van der Waals surface area (Å²) in [6.07, 6.45) is 4.41. The van der Waals surface area contributed by atoms with Gasteiger partial charge in [0.2, 0.25) is 0 Å². The Morgan fingerprint density at radius 1 is 1.16 bits per heavy atom. The zero-order valence-electron chi connectivity index (χ0n) is 11.7. The van der Waals surface area contributed by atoms with E-state index in [4.69, 9.17) is 0 Å². The fraction of sp³-hybridized carbons (Fsp3) is 0.600. The normalized spacial score (nSPS) is 25.4. The number of piperidine rings is 1. The van der Waals surface area contributed by atoms with Crippen molar-refractivity contribution in [3.8, 4) is 0 Å². The standard InChI is InChI=1S/C15H23NO2S/c1-3-13-8-7-9-14(16(13)2)12-19(17,18)15-10-5-4-6-11-15/h4-6,10-11,13-14H,3,7-9,12H2,1-2H3/t13-,14+/m0/s1. The molecule has 2 atom stereocenters. The number of hydrogen-bond donors (Lipinski definition) is 0. The van der Waals surface area contributed by atoms with Crippen LogP contribution in [0.3, 0.4) is 0 Å². The average molecular weight is 281 g/mol. The van der Waals surface area contributed by atoms with Crippen molar-refractivity contribution in [1.29, 1.82) is 0 Å². The van der Waals surface area contributed by atoms with E-state index in [2.05, 4.69) is 18.9 Å². The molecule has 1 heterocycles. The van der Waals surface area contributed by atoms with E-state index in [1.807, 2.05) is 6.07 Å². The van der Waals surface area contributed by atoms with Gasteiger partial charge >= 0.3 is 0 Å². The second-order valence-corrected chi connectivity index (χ2v) is 7.44. The van der Waals surface area contributed by atoms with Crippen molar-refractivity contribution in [3.05, 3.63) is 30.3 Å². The fourth-order valence-corrected chi connectivity index (χ4v) is 4.64. The molecule has 2 rings (SSSR count). The molecule has 0 amide bonds. The molecule has 0 N–H and O–H groups in total. The topological polar surface area (TPSA) is 37.4 Å². The Bertz CT molecular complexity index is 498. The number of rotatable bonds is 4. The summed E-state index contributed by atoms with van der Waals surface area (Å²) >= 11 is 0. The zero-order chi connectivity index (χ0) is 13.9. The number of likely N-dealkylation sites (tertiary alicyclic amines) is 1. The largest absolute Gasteiger partial charge is 0.299 e. The van der Waals surface area contributed by atoms with Crippen molar-refractivity contribution in [2.75, 3.05) is 12.8 Å². The first-order valence-electron chi connectivity index (χ1n) is 7.04. The molecule has 1 aromatic rings. The summed E-state index contributed by atoms with van der Waals surface area (Å²) in [4.78, 5) is 2.71. The van der Waals surface area contributed by atoms with Crippen LogP contribution in [0.5, 0.6) is 0 Å². The summed E-state index contributed by atoms with van der Waals surface area (Å²) in [7, 11) is -1.10. The maximum atomic E-state index is 12.4. The van der Waals surface area contributed by atoms with Crippen LogP contribution >= 0.6 is 0 Å². The van der Waals surface area contributed by atoms with Gasteiger partial charge in [0, 0.05) is 12.1 Å². The molecule has 0 aromatic heterocycles. The third-order valence-corrected chi connectivity index (χ3v) is 6.03. The number of benzene rings is 1. The fourth-order valence-electron chi connectivity index (χ4n) is 2.96. The lowest BCUT2D eigenvalue weighted by atomic mass is 9.96. The van der Waals surface area contributed by atoms with Gasteiger partial charge in [-0.3, -0.25) is 4.90 Å². The van der Waals surface area contributed by atoms with Gasteiger partial charge in [-0.05, 0) is 38.4 Å². The molecule has 0 spiro atoms. The highest BCUT2D eigenvalue weighted by molar-refractivity contribution is 7.91. The second-order valence-electron chi connectivity index (χ2n) is 5.41. The first-order chi connectivity index (χ1) is 9.04. The lowest BCUT2D eigenvalue weighted by Crippen LogP contribution is -2.46. The predicted molar refractivity (Wildman–Crippen MR) is 78.0 cm³/mol. The molecule has 0 saturated carbocycles. The molecule has 0 radical (unpaired) electrons. The van der Waals surface area contributed by atoms with Crippen LogP contribution in [-0.2, 0) is 9.84 Å². The van der Waals surface area contributed by atoms with E-state index in [1.165, 1.54) is 6.42 Å². The van der Waals surface area contributed by atoms with Gasteiger partial charge in [0.1, 0.15) is 0 Å². The summed E-state index contributed by atoms with van der Waals surface area (Å²) in [5, 5.41) is 0. The molecule has 1 aliphatic rings. The van der Waals surface area contributed by atoms with E-state index in [0.29, 0.717) is 10.9 Å². The van der Waals surface area contributed by atoms with Crippen molar-refractivity contribution in [2.45, 2.75) is 49.6 Å². The van der Waals surface area contributed by atoms with Gasteiger partial charge in [0.15, 0.2) is 9.84 Å². The van der Waals surface area contributed by atoms with E-state index in [0.717, 1.165) is 19.3 Å². The highest BCUT2D eigenvalue weighted by Gasteiger charge is 2.30. The molecule has 1 aromatic carbocycles. The van der Waals surface area contributed by atoms with Crippen LogP contribution in [0.2, 0.25) is 0 Å². The minimum atomic E-state index is -3.17. The summed E-state index contributed by atoms with van der Waals surface area (Å²) in [6.45, 7) is 2.18. The second kappa shape index (κ2) is 6.06. The molecule has 3 nitrogen and oxygen atoms in total. The maximum absolute atomic E-state index is 12.4. The highest BCUT2D eigenvalue weighted by atomic mass is 32.2. The minimum absolute atomic E-state index is 0.156. The van der Waals surface area contributed by atoms with Crippen LogP contribution in [0.4, 0.5) is 0 Å². The maximum Gasteiger partial charge on any atom is 0.179 e. The Morgan fingerprint density at radius 2 is 1.79 bits per heavy atom. The number of sulfone groups is 1. The Morgan fingerprint density at radius 3 is 2.42 bits per heavy atom. The first-order valence-corrected chi connectivity index (χ1v) is 8.69. The smallest absolute Gasteiger partial charge is 0.179 e. The zero-order valence-corrected chi connectivity index (χ0v) is 12.6. The van der Waals surface area contributed by atoms with E-state index in [1.54, 1.807) is 24.3 Å². The summed E-state index contributed by atoms with van der Waals surface area (Å²) in [5.74, 6) is 0.240. The summed E-state index contributed by atoms with van der Waals surface area (Å²) in [5.41, 5.74) is 0. The van der Waals surface area contributed by atoms with Crippen LogP contribution in [-0.4, -0.2) is 38.2 Å².